The highest BCUT2D eigenvalue weighted by Crippen LogP contribution is 2.14. The fourth-order valence-electron chi connectivity index (χ4n) is 1.84. The highest BCUT2D eigenvalue weighted by Gasteiger charge is 2.10. The first-order valence-corrected chi connectivity index (χ1v) is 6.45. The quantitative estimate of drug-likeness (QED) is 0.587. The minimum absolute atomic E-state index is 0.279. The Hall–Kier alpha value is -2.91. The summed E-state index contributed by atoms with van der Waals surface area (Å²) in [4.78, 5) is 16.5. The number of nitrogen functional groups attached to an aromatic ring is 1. The number of anilines is 2. The van der Waals surface area contributed by atoms with Gasteiger partial charge in [-0.1, -0.05) is 13.0 Å². The predicted molar refractivity (Wildman–Crippen MR) is 80.5 cm³/mol. The van der Waals surface area contributed by atoms with Gasteiger partial charge in [-0.25, -0.2) is 10.8 Å². The zero-order valence-electron chi connectivity index (χ0n) is 11.6. The SMILES string of the molecule is CCc1cc(C(=O)Nc2cccc(C#N)c2)cc(NN)n1. The number of nitrogens with two attached hydrogens (primary N) is 1. The summed E-state index contributed by atoms with van der Waals surface area (Å²) in [7, 11) is 0. The van der Waals surface area contributed by atoms with Gasteiger partial charge in [-0.2, -0.15) is 5.26 Å². The average Bonchev–Trinajstić information content (AvgIpc) is 2.54. The lowest BCUT2D eigenvalue weighted by Crippen LogP contribution is -2.15. The molecular formula is C15H15N5O. The molecule has 1 aromatic carbocycles. The number of carbonyl (C=O) groups excluding carboxylic acids is 1. The molecule has 1 heterocycles. The van der Waals surface area contributed by atoms with E-state index in [4.69, 9.17) is 11.1 Å². The van der Waals surface area contributed by atoms with Crippen molar-refractivity contribution < 1.29 is 4.79 Å². The Morgan fingerprint density at radius 1 is 1.38 bits per heavy atom. The van der Waals surface area contributed by atoms with E-state index in [9.17, 15) is 4.79 Å². The van der Waals surface area contributed by atoms with Crippen LogP contribution in [-0.2, 0) is 6.42 Å². The van der Waals surface area contributed by atoms with E-state index in [0.717, 1.165) is 5.69 Å². The highest BCUT2D eigenvalue weighted by molar-refractivity contribution is 6.04. The van der Waals surface area contributed by atoms with E-state index in [2.05, 4.69) is 15.7 Å². The molecule has 0 saturated heterocycles. The van der Waals surface area contributed by atoms with Crippen molar-refractivity contribution in [3.63, 3.8) is 0 Å². The molecular weight excluding hydrogens is 266 g/mol. The number of pyridine rings is 1. The number of rotatable bonds is 4. The molecule has 4 N–H and O–H groups in total. The molecule has 2 rings (SSSR count). The predicted octanol–water partition coefficient (Wildman–Crippen LogP) is 2.05. The number of nitrogens with one attached hydrogen (secondary N) is 2. The van der Waals surface area contributed by atoms with Gasteiger partial charge in [0.15, 0.2) is 0 Å². The molecule has 0 fully saturated rings. The summed E-state index contributed by atoms with van der Waals surface area (Å²) in [6.45, 7) is 1.95. The van der Waals surface area contributed by atoms with Gasteiger partial charge in [0, 0.05) is 16.9 Å². The molecule has 0 saturated carbocycles. The zero-order chi connectivity index (χ0) is 15.2. The Bertz CT molecular complexity index is 683. The number of nitrogens with zero attached hydrogens (tertiary/aromatic N) is 2. The van der Waals surface area contributed by atoms with Crippen molar-refractivity contribution in [2.75, 3.05) is 10.7 Å². The Morgan fingerprint density at radius 2 is 2.19 bits per heavy atom. The van der Waals surface area contributed by atoms with Crippen LogP contribution in [0.3, 0.4) is 0 Å². The Labute approximate surface area is 122 Å². The number of benzene rings is 1. The Morgan fingerprint density at radius 3 is 2.86 bits per heavy atom. The molecule has 1 aromatic heterocycles. The topological polar surface area (TPSA) is 104 Å². The van der Waals surface area contributed by atoms with Gasteiger partial charge in [0.25, 0.3) is 5.91 Å². The first-order chi connectivity index (χ1) is 10.2. The van der Waals surface area contributed by atoms with Crippen molar-refractivity contribution in [2.24, 2.45) is 5.84 Å². The van der Waals surface area contributed by atoms with Crippen LogP contribution >= 0.6 is 0 Å². The first kappa shape index (κ1) is 14.5. The van der Waals surface area contributed by atoms with Gasteiger partial charge < -0.3 is 10.7 Å². The van der Waals surface area contributed by atoms with E-state index < -0.39 is 0 Å². The van der Waals surface area contributed by atoms with Gasteiger partial charge in [0.2, 0.25) is 0 Å². The molecule has 106 valence electrons. The second-order valence-electron chi connectivity index (χ2n) is 4.38. The molecule has 1 amide bonds. The molecule has 0 radical (unpaired) electrons. The summed E-state index contributed by atoms with van der Waals surface area (Å²) in [5.74, 6) is 5.51. The molecule has 0 bridgehead atoms. The van der Waals surface area contributed by atoms with Crippen LogP contribution in [0.1, 0.15) is 28.5 Å². The largest absolute Gasteiger partial charge is 0.322 e. The Kier molecular flexibility index (Phi) is 4.49. The third kappa shape index (κ3) is 3.55. The summed E-state index contributed by atoms with van der Waals surface area (Å²) in [6.07, 6.45) is 0.694. The normalized spacial score (nSPS) is 9.76. The van der Waals surface area contributed by atoms with Crippen LogP contribution in [-0.4, -0.2) is 10.9 Å². The standard InChI is InChI=1S/C15H15N5O/c1-2-12-7-11(8-14(18-12)20-17)15(21)19-13-5-3-4-10(6-13)9-16/h3-8H,2,17H2,1H3,(H,18,20)(H,19,21). The zero-order valence-corrected chi connectivity index (χ0v) is 11.6. The molecule has 2 aromatic rings. The van der Waals surface area contributed by atoms with E-state index in [1.165, 1.54) is 0 Å². The number of nitriles is 1. The van der Waals surface area contributed by atoms with Crippen molar-refractivity contribution in [3.05, 3.63) is 53.2 Å². The van der Waals surface area contributed by atoms with Crippen LogP contribution in [0.5, 0.6) is 0 Å². The third-order valence-corrected chi connectivity index (χ3v) is 2.90. The fraction of sp³-hybridized carbons (Fsp3) is 0.133. The smallest absolute Gasteiger partial charge is 0.255 e. The average molecular weight is 281 g/mol. The molecule has 0 spiro atoms. The second kappa shape index (κ2) is 6.50. The second-order valence-corrected chi connectivity index (χ2v) is 4.38. The van der Waals surface area contributed by atoms with Gasteiger partial charge in [-0.3, -0.25) is 4.79 Å². The van der Waals surface area contributed by atoms with Crippen LogP contribution in [0.4, 0.5) is 11.5 Å². The van der Waals surface area contributed by atoms with Gasteiger partial charge in [0.1, 0.15) is 5.82 Å². The maximum absolute atomic E-state index is 12.3. The summed E-state index contributed by atoms with van der Waals surface area (Å²) in [5.41, 5.74) is 4.72. The van der Waals surface area contributed by atoms with E-state index in [1.807, 2.05) is 13.0 Å². The van der Waals surface area contributed by atoms with Crippen molar-refractivity contribution in [1.82, 2.24) is 4.98 Å². The highest BCUT2D eigenvalue weighted by atomic mass is 16.1. The van der Waals surface area contributed by atoms with Crippen molar-refractivity contribution in [2.45, 2.75) is 13.3 Å². The number of aryl methyl sites for hydroxylation is 1. The lowest BCUT2D eigenvalue weighted by atomic mass is 10.1. The van der Waals surface area contributed by atoms with Crippen LogP contribution < -0.4 is 16.6 Å². The maximum atomic E-state index is 12.3. The van der Waals surface area contributed by atoms with E-state index in [-0.39, 0.29) is 5.91 Å². The molecule has 0 aliphatic rings. The number of hydrazine groups is 1. The molecule has 0 atom stereocenters. The first-order valence-electron chi connectivity index (χ1n) is 6.45. The molecule has 0 aliphatic carbocycles. The summed E-state index contributed by atoms with van der Waals surface area (Å²) >= 11 is 0. The van der Waals surface area contributed by atoms with Crippen molar-refractivity contribution in [1.29, 1.82) is 5.26 Å². The lowest BCUT2D eigenvalue weighted by Gasteiger charge is -2.09. The molecule has 6 heteroatoms. The van der Waals surface area contributed by atoms with Crippen molar-refractivity contribution in [3.8, 4) is 6.07 Å². The molecule has 0 aliphatic heterocycles. The molecule has 0 unspecified atom stereocenters. The lowest BCUT2D eigenvalue weighted by molar-refractivity contribution is 0.102. The van der Waals surface area contributed by atoms with Gasteiger partial charge in [-0.15, -0.1) is 0 Å². The number of aromatic nitrogens is 1. The molecule has 21 heavy (non-hydrogen) atoms. The minimum atomic E-state index is -0.279. The Balaban J connectivity index is 2.25. The van der Waals surface area contributed by atoms with Crippen LogP contribution in [0, 0.1) is 11.3 Å². The van der Waals surface area contributed by atoms with Crippen LogP contribution in [0.15, 0.2) is 36.4 Å². The van der Waals surface area contributed by atoms with Crippen LogP contribution in [0.2, 0.25) is 0 Å². The van der Waals surface area contributed by atoms with Crippen molar-refractivity contribution >= 4 is 17.4 Å². The summed E-state index contributed by atoms with van der Waals surface area (Å²) < 4.78 is 0. The number of carbonyl (C=O) groups is 1. The van der Waals surface area contributed by atoms with Gasteiger partial charge in [0.05, 0.1) is 11.6 Å². The van der Waals surface area contributed by atoms with Gasteiger partial charge in [-0.05, 0) is 36.8 Å². The van der Waals surface area contributed by atoms with E-state index in [1.54, 1.807) is 36.4 Å². The molecule has 6 nitrogen and oxygen atoms in total. The third-order valence-electron chi connectivity index (χ3n) is 2.90. The van der Waals surface area contributed by atoms with E-state index in [0.29, 0.717) is 29.1 Å². The monoisotopic (exact) mass is 281 g/mol. The summed E-state index contributed by atoms with van der Waals surface area (Å²) in [6, 6.07) is 12.0. The number of amides is 1. The fourth-order valence-corrected chi connectivity index (χ4v) is 1.84. The maximum Gasteiger partial charge on any atom is 0.255 e. The van der Waals surface area contributed by atoms with E-state index >= 15 is 0 Å². The van der Waals surface area contributed by atoms with Crippen LogP contribution in [0.25, 0.3) is 0 Å². The number of hydrogen-bond donors (Lipinski definition) is 3. The van der Waals surface area contributed by atoms with Gasteiger partial charge >= 0.3 is 0 Å². The minimum Gasteiger partial charge on any atom is -0.322 e. The number of hydrogen-bond acceptors (Lipinski definition) is 5. The summed E-state index contributed by atoms with van der Waals surface area (Å²) in [5, 5.41) is 11.6.